The van der Waals surface area contributed by atoms with Crippen molar-refractivity contribution >= 4 is 17.7 Å². The lowest BCUT2D eigenvalue weighted by Crippen LogP contribution is -2.50. The van der Waals surface area contributed by atoms with Crippen molar-refractivity contribution in [2.75, 3.05) is 0 Å². The lowest BCUT2D eigenvalue weighted by Gasteiger charge is -2.32. The zero-order valence-corrected chi connectivity index (χ0v) is 19.1. The van der Waals surface area contributed by atoms with E-state index in [1.165, 1.54) is 11.8 Å². The van der Waals surface area contributed by atoms with Gasteiger partial charge in [-0.15, -0.1) is 10.2 Å². The van der Waals surface area contributed by atoms with Crippen molar-refractivity contribution in [3.05, 3.63) is 54.4 Å². The maximum absolute atomic E-state index is 13.0. The van der Waals surface area contributed by atoms with Gasteiger partial charge in [-0.2, -0.15) is 5.26 Å². The summed E-state index contributed by atoms with van der Waals surface area (Å²) in [6.45, 7) is 3.88. The molecule has 2 heterocycles. The molecule has 1 fully saturated rings. The summed E-state index contributed by atoms with van der Waals surface area (Å²) >= 11 is 1.35. The number of amides is 1. The molecule has 1 aromatic carbocycles. The molecular formula is C24H26N6OS. The minimum atomic E-state index is -0.754. The van der Waals surface area contributed by atoms with Crippen molar-refractivity contribution in [2.24, 2.45) is 0 Å². The number of nitriles is 1. The van der Waals surface area contributed by atoms with Crippen LogP contribution in [0.25, 0.3) is 17.1 Å². The third-order valence-corrected chi connectivity index (χ3v) is 6.91. The first-order valence-corrected chi connectivity index (χ1v) is 11.7. The molecule has 1 aliphatic carbocycles. The zero-order valence-electron chi connectivity index (χ0n) is 18.3. The number of pyridine rings is 1. The number of benzene rings is 1. The van der Waals surface area contributed by atoms with Crippen LogP contribution < -0.4 is 5.32 Å². The first-order valence-electron chi connectivity index (χ1n) is 10.8. The van der Waals surface area contributed by atoms with Crippen LogP contribution in [0.5, 0.6) is 0 Å². The van der Waals surface area contributed by atoms with E-state index in [0.29, 0.717) is 23.8 Å². The highest BCUT2D eigenvalue weighted by Crippen LogP contribution is 2.32. The van der Waals surface area contributed by atoms with Crippen LogP contribution in [0.4, 0.5) is 0 Å². The molecule has 2 aromatic heterocycles. The molecule has 164 valence electrons. The Morgan fingerprint density at radius 2 is 1.88 bits per heavy atom. The molecular weight excluding hydrogens is 420 g/mol. The number of hydrogen-bond donors (Lipinski definition) is 1. The third-order valence-electron chi connectivity index (χ3n) is 5.86. The average Bonchev–Trinajstić information content (AvgIpc) is 3.23. The lowest BCUT2D eigenvalue weighted by atomic mass is 9.83. The Kier molecular flexibility index (Phi) is 6.56. The van der Waals surface area contributed by atoms with E-state index >= 15 is 0 Å². The van der Waals surface area contributed by atoms with Gasteiger partial charge < -0.3 is 5.32 Å². The Bertz CT molecular complexity index is 1130. The van der Waals surface area contributed by atoms with Crippen LogP contribution in [0, 0.1) is 18.3 Å². The van der Waals surface area contributed by atoms with Crippen LogP contribution in [0.15, 0.2) is 53.9 Å². The molecule has 1 aliphatic rings. The van der Waals surface area contributed by atoms with E-state index in [2.05, 4.69) is 26.6 Å². The fourth-order valence-corrected chi connectivity index (χ4v) is 4.90. The van der Waals surface area contributed by atoms with E-state index in [-0.39, 0.29) is 5.91 Å². The first kappa shape index (κ1) is 22.0. The third kappa shape index (κ3) is 4.53. The second-order valence-corrected chi connectivity index (χ2v) is 9.48. The van der Waals surface area contributed by atoms with Crippen molar-refractivity contribution in [3.8, 4) is 23.1 Å². The summed E-state index contributed by atoms with van der Waals surface area (Å²) in [5.74, 6) is 0.542. The summed E-state index contributed by atoms with van der Waals surface area (Å²) < 4.78 is 1.99. The molecule has 8 heteroatoms. The molecule has 0 saturated heterocycles. The van der Waals surface area contributed by atoms with Gasteiger partial charge in [0.15, 0.2) is 11.0 Å². The van der Waals surface area contributed by atoms with Crippen molar-refractivity contribution in [1.82, 2.24) is 25.1 Å². The molecule has 0 radical (unpaired) electrons. The van der Waals surface area contributed by atoms with Gasteiger partial charge in [-0.3, -0.25) is 14.3 Å². The molecule has 1 N–H and O–H groups in total. The first-order chi connectivity index (χ1) is 15.5. The fourth-order valence-electron chi connectivity index (χ4n) is 4.03. The summed E-state index contributed by atoms with van der Waals surface area (Å²) in [5.41, 5.74) is 2.17. The molecule has 0 aliphatic heterocycles. The number of carbonyl (C=O) groups excluding carboxylic acids is 1. The summed E-state index contributed by atoms with van der Waals surface area (Å²) in [7, 11) is 0. The van der Waals surface area contributed by atoms with Gasteiger partial charge in [0.25, 0.3) is 0 Å². The molecule has 3 aromatic rings. The highest BCUT2D eigenvalue weighted by molar-refractivity contribution is 8.00. The molecule has 1 unspecified atom stereocenters. The normalized spacial score (nSPS) is 16.2. The Morgan fingerprint density at radius 3 is 2.56 bits per heavy atom. The summed E-state index contributed by atoms with van der Waals surface area (Å²) in [5, 5.41) is 21.8. The topological polar surface area (TPSA) is 96.5 Å². The number of aromatic nitrogens is 4. The monoisotopic (exact) mass is 446 g/mol. The lowest BCUT2D eigenvalue weighted by molar-refractivity contribution is -0.121. The summed E-state index contributed by atoms with van der Waals surface area (Å²) in [6.07, 6.45) is 7.90. The van der Waals surface area contributed by atoms with Crippen molar-refractivity contribution in [2.45, 2.75) is 61.9 Å². The van der Waals surface area contributed by atoms with Gasteiger partial charge in [-0.1, -0.05) is 49.2 Å². The zero-order chi connectivity index (χ0) is 22.6. The Balaban J connectivity index is 1.64. The van der Waals surface area contributed by atoms with Crippen LogP contribution in [-0.4, -0.2) is 36.4 Å². The Hall–Kier alpha value is -3.18. The van der Waals surface area contributed by atoms with E-state index < -0.39 is 10.8 Å². The van der Waals surface area contributed by atoms with Crippen LogP contribution in [0.3, 0.4) is 0 Å². The highest BCUT2D eigenvalue weighted by Gasteiger charge is 2.35. The van der Waals surface area contributed by atoms with Crippen molar-refractivity contribution in [1.29, 1.82) is 5.26 Å². The number of carbonyl (C=O) groups is 1. The predicted octanol–water partition coefficient (Wildman–Crippen LogP) is 4.46. The molecule has 0 spiro atoms. The fraction of sp³-hybridized carbons (Fsp3) is 0.375. The van der Waals surface area contributed by atoms with Gasteiger partial charge in [0.1, 0.15) is 5.54 Å². The van der Waals surface area contributed by atoms with Gasteiger partial charge in [0, 0.05) is 18.0 Å². The molecule has 0 bridgehead atoms. The SMILES string of the molecule is Cc1ccccc1-n1c(SC(C)C(=O)NC2(C#N)CCCCC2)nnc1-c1ccncc1. The maximum atomic E-state index is 13.0. The minimum Gasteiger partial charge on any atom is -0.337 e. The number of para-hydroxylation sites is 1. The van der Waals surface area contributed by atoms with E-state index in [0.717, 1.165) is 36.1 Å². The second kappa shape index (κ2) is 9.53. The van der Waals surface area contributed by atoms with E-state index in [1.807, 2.05) is 54.8 Å². The molecule has 4 rings (SSSR count). The highest BCUT2D eigenvalue weighted by atomic mass is 32.2. The van der Waals surface area contributed by atoms with Crippen LogP contribution in [0.2, 0.25) is 0 Å². The van der Waals surface area contributed by atoms with Crippen molar-refractivity contribution < 1.29 is 4.79 Å². The Morgan fingerprint density at radius 1 is 1.16 bits per heavy atom. The number of hydrogen-bond acceptors (Lipinski definition) is 6. The van der Waals surface area contributed by atoms with E-state index in [4.69, 9.17) is 0 Å². The van der Waals surface area contributed by atoms with Crippen LogP contribution in [0.1, 0.15) is 44.6 Å². The molecule has 1 amide bonds. The predicted molar refractivity (Wildman–Crippen MR) is 124 cm³/mol. The molecule has 7 nitrogen and oxygen atoms in total. The molecule has 1 atom stereocenters. The van der Waals surface area contributed by atoms with Gasteiger partial charge in [-0.25, -0.2) is 0 Å². The second-order valence-electron chi connectivity index (χ2n) is 8.17. The van der Waals surface area contributed by atoms with Gasteiger partial charge in [0.05, 0.1) is 17.0 Å². The van der Waals surface area contributed by atoms with E-state index in [9.17, 15) is 10.1 Å². The Labute approximate surface area is 192 Å². The number of nitrogens with zero attached hydrogens (tertiary/aromatic N) is 5. The largest absolute Gasteiger partial charge is 0.337 e. The quantitative estimate of drug-likeness (QED) is 0.562. The number of thioether (sulfide) groups is 1. The molecule has 1 saturated carbocycles. The summed E-state index contributed by atoms with van der Waals surface area (Å²) in [4.78, 5) is 17.1. The number of aryl methyl sites for hydroxylation is 1. The van der Waals surface area contributed by atoms with Gasteiger partial charge >= 0.3 is 0 Å². The van der Waals surface area contributed by atoms with Gasteiger partial charge in [0.2, 0.25) is 5.91 Å². The standard InChI is InChI=1S/C24H26N6OS/c1-17-8-4-5-9-20(17)30-21(19-10-14-26-15-11-19)28-29-23(30)32-18(2)22(31)27-24(16-25)12-6-3-7-13-24/h4-5,8-11,14-15,18H,3,6-7,12-13H2,1-2H3,(H,27,31). The van der Waals surface area contributed by atoms with Crippen LogP contribution in [-0.2, 0) is 4.79 Å². The number of rotatable bonds is 6. The molecule has 32 heavy (non-hydrogen) atoms. The number of nitrogens with one attached hydrogen (secondary N) is 1. The van der Waals surface area contributed by atoms with Crippen molar-refractivity contribution in [3.63, 3.8) is 0 Å². The average molecular weight is 447 g/mol. The van der Waals surface area contributed by atoms with Crippen LogP contribution >= 0.6 is 11.8 Å². The smallest absolute Gasteiger partial charge is 0.234 e. The van der Waals surface area contributed by atoms with E-state index in [1.54, 1.807) is 12.4 Å². The maximum Gasteiger partial charge on any atom is 0.234 e. The minimum absolute atomic E-state index is 0.150. The van der Waals surface area contributed by atoms with Gasteiger partial charge in [-0.05, 0) is 50.5 Å². The summed E-state index contributed by atoms with van der Waals surface area (Å²) in [6, 6.07) is 14.2.